The highest BCUT2D eigenvalue weighted by molar-refractivity contribution is 6.37. The number of alkyl halides is 3. The van der Waals surface area contributed by atoms with Crippen LogP contribution in [0.15, 0.2) is 18.2 Å². The van der Waals surface area contributed by atoms with Gasteiger partial charge in [0.2, 0.25) is 0 Å². The zero-order valence-corrected chi connectivity index (χ0v) is 11.5. The number of hydrogen-bond donors (Lipinski definition) is 0. The SMILES string of the molecule is N#Cc1cc(C=O)n(-c2c(Cl)cc(C(F)(F)F)cc2Cl)n1. The fourth-order valence-corrected chi connectivity index (χ4v) is 2.29. The quantitative estimate of drug-likeness (QED) is 0.783. The molecule has 0 aliphatic heterocycles. The molecule has 0 spiro atoms. The van der Waals surface area contributed by atoms with E-state index in [-0.39, 0.29) is 27.1 Å². The van der Waals surface area contributed by atoms with Crippen molar-refractivity contribution in [3.05, 3.63) is 45.2 Å². The number of halogens is 5. The van der Waals surface area contributed by atoms with E-state index in [1.165, 1.54) is 0 Å². The zero-order valence-electron chi connectivity index (χ0n) is 9.95. The van der Waals surface area contributed by atoms with Crippen LogP contribution >= 0.6 is 23.2 Å². The first-order chi connectivity index (χ1) is 9.77. The minimum Gasteiger partial charge on any atom is -0.296 e. The van der Waals surface area contributed by atoms with Crippen LogP contribution in [0, 0.1) is 11.3 Å². The normalized spacial score (nSPS) is 11.2. The highest BCUT2D eigenvalue weighted by Crippen LogP contribution is 2.37. The van der Waals surface area contributed by atoms with Crippen LogP contribution in [0.25, 0.3) is 5.69 Å². The third-order valence-corrected chi connectivity index (χ3v) is 3.10. The van der Waals surface area contributed by atoms with Crippen LogP contribution in [-0.4, -0.2) is 16.1 Å². The Morgan fingerprint density at radius 1 is 1.24 bits per heavy atom. The van der Waals surface area contributed by atoms with Crippen molar-refractivity contribution >= 4 is 29.5 Å². The monoisotopic (exact) mass is 333 g/mol. The molecule has 21 heavy (non-hydrogen) atoms. The molecule has 1 aromatic heterocycles. The summed E-state index contributed by atoms with van der Waals surface area (Å²) in [5, 5.41) is 11.8. The van der Waals surface area contributed by atoms with Gasteiger partial charge in [-0.2, -0.15) is 23.5 Å². The van der Waals surface area contributed by atoms with Gasteiger partial charge in [-0.25, -0.2) is 4.68 Å². The molecule has 0 N–H and O–H groups in total. The molecule has 0 atom stereocenters. The maximum absolute atomic E-state index is 12.6. The molecule has 0 aliphatic carbocycles. The third-order valence-electron chi connectivity index (χ3n) is 2.53. The van der Waals surface area contributed by atoms with Crippen LogP contribution in [-0.2, 0) is 6.18 Å². The highest BCUT2D eigenvalue weighted by atomic mass is 35.5. The zero-order chi connectivity index (χ0) is 15.8. The van der Waals surface area contributed by atoms with Gasteiger partial charge in [0, 0.05) is 6.07 Å². The Morgan fingerprint density at radius 2 is 1.81 bits per heavy atom. The molecule has 0 fully saturated rings. The molecule has 9 heteroatoms. The van der Waals surface area contributed by atoms with Crippen molar-refractivity contribution in [3.63, 3.8) is 0 Å². The van der Waals surface area contributed by atoms with E-state index in [2.05, 4.69) is 5.10 Å². The summed E-state index contributed by atoms with van der Waals surface area (Å²) in [6.45, 7) is 0. The third kappa shape index (κ3) is 2.86. The number of nitrogens with zero attached hydrogens (tertiary/aromatic N) is 3. The Morgan fingerprint density at radius 3 is 2.24 bits per heavy atom. The molecule has 108 valence electrons. The van der Waals surface area contributed by atoms with E-state index in [0.29, 0.717) is 18.4 Å². The largest absolute Gasteiger partial charge is 0.416 e. The lowest BCUT2D eigenvalue weighted by atomic mass is 10.2. The van der Waals surface area contributed by atoms with Gasteiger partial charge < -0.3 is 0 Å². The minimum atomic E-state index is -4.61. The van der Waals surface area contributed by atoms with Gasteiger partial charge in [0.05, 0.1) is 15.6 Å². The van der Waals surface area contributed by atoms with Crippen LogP contribution in [0.5, 0.6) is 0 Å². The van der Waals surface area contributed by atoms with E-state index in [0.717, 1.165) is 10.7 Å². The number of nitriles is 1. The number of aromatic nitrogens is 2. The Kier molecular flexibility index (Phi) is 3.94. The summed E-state index contributed by atoms with van der Waals surface area (Å²) in [7, 11) is 0. The number of rotatable bonds is 2. The van der Waals surface area contributed by atoms with Crippen molar-refractivity contribution in [1.29, 1.82) is 5.26 Å². The molecule has 0 bridgehead atoms. The number of benzene rings is 1. The first-order valence-corrected chi connectivity index (χ1v) is 6.05. The molecular weight excluding hydrogens is 330 g/mol. The molecule has 0 aliphatic rings. The summed E-state index contributed by atoms with van der Waals surface area (Å²) in [6, 6.07) is 4.22. The predicted octanol–water partition coefficient (Wildman–Crippen LogP) is 3.88. The van der Waals surface area contributed by atoms with E-state index in [9.17, 15) is 18.0 Å². The molecule has 0 saturated carbocycles. The van der Waals surface area contributed by atoms with Gasteiger partial charge in [-0.05, 0) is 12.1 Å². The van der Waals surface area contributed by atoms with Gasteiger partial charge in [-0.15, -0.1) is 0 Å². The second-order valence-electron chi connectivity index (χ2n) is 3.88. The van der Waals surface area contributed by atoms with E-state index >= 15 is 0 Å². The summed E-state index contributed by atoms with van der Waals surface area (Å²) in [4.78, 5) is 10.9. The van der Waals surface area contributed by atoms with Gasteiger partial charge in [-0.3, -0.25) is 4.79 Å². The number of aldehydes is 1. The second kappa shape index (κ2) is 5.39. The molecular formula is C12H4Cl2F3N3O. The highest BCUT2D eigenvalue weighted by Gasteiger charge is 2.32. The Labute approximate surface area is 126 Å². The van der Waals surface area contributed by atoms with Gasteiger partial charge in [0.1, 0.15) is 17.5 Å². The first kappa shape index (κ1) is 15.4. The van der Waals surface area contributed by atoms with E-state index in [1.54, 1.807) is 6.07 Å². The Hall–Kier alpha value is -2.04. The fraction of sp³-hybridized carbons (Fsp3) is 0.0833. The van der Waals surface area contributed by atoms with Crippen LogP contribution in [0.1, 0.15) is 21.7 Å². The van der Waals surface area contributed by atoms with Gasteiger partial charge >= 0.3 is 6.18 Å². The number of carbonyl (C=O) groups excluding carboxylic acids is 1. The predicted molar refractivity (Wildman–Crippen MR) is 68.7 cm³/mol. The Balaban J connectivity index is 2.69. The molecule has 0 amide bonds. The maximum atomic E-state index is 12.6. The van der Waals surface area contributed by atoms with Crippen molar-refractivity contribution in [1.82, 2.24) is 9.78 Å². The topological polar surface area (TPSA) is 58.7 Å². The van der Waals surface area contributed by atoms with Crippen LogP contribution < -0.4 is 0 Å². The average Bonchev–Trinajstić information content (AvgIpc) is 2.80. The molecule has 4 nitrogen and oxygen atoms in total. The van der Waals surface area contributed by atoms with E-state index in [1.807, 2.05) is 0 Å². The van der Waals surface area contributed by atoms with Crippen LogP contribution in [0.3, 0.4) is 0 Å². The molecule has 0 unspecified atom stereocenters. The van der Waals surface area contributed by atoms with Crippen molar-refractivity contribution in [3.8, 4) is 11.8 Å². The lowest BCUT2D eigenvalue weighted by Crippen LogP contribution is -2.08. The minimum absolute atomic E-state index is 0.0601. The lowest BCUT2D eigenvalue weighted by Gasteiger charge is -2.13. The smallest absolute Gasteiger partial charge is 0.296 e. The van der Waals surface area contributed by atoms with Crippen LogP contribution in [0.4, 0.5) is 13.2 Å². The van der Waals surface area contributed by atoms with E-state index < -0.39 is 11.7 Å². The standard InChI is InChI=1S/C12H4Cl2F3N3O/c13-9-1-6(12(15,16)17)2-10(14)11(9)20-8(5-21)3-7(4-18)19-20/h1-3,5H. The van der Waals surface area contributed by atoms with Crippen molar-refractivity contribution in [2.45, 2.75) is 6.18 Å². The molecule has 2 aromatic rings. The maximum Gasteiger partial charge on any atom is 0.416 e. The molecule has 1 heterocycles. The summed E-state index contributed by atoms with van der Waals surface area (Å²) < 4.78 is 38.9. The van der Waals surface area contributed by atoms with Gasteiger partial charge in [0.15, 0.2) is 12.0 Å². The van der Waals surface area contributed by atoms with Crippen molar-refractivity contribution in [2.75, 3.05) is 0 Å². The average molecular weight is 334 g/mol. The summed E-state index contributed by atoms with van der Waals surface area (Å²) in [5.41, 5.74) is -1.28. The lowest BCUT2D eigenvalue weighted by molar-refractivity contribution is -0.137. The molecule has 0 radical (unpaired) electrons. The van der Waals surface area contributed by atoms with Crippen LogP contribution in [0.2, 0.25) is 10.0 Å². The second-order valence-corrected chi connectivity index (χ2v) is 4.70. The number of carbonyl (C=O) groups is 1. The molecule has 2 rings (SSSR count). The summed E-state index contributed by atoms with van der Waals surface area (Å²) in [5.74, 6) is 0. The Bertz CT molecular complexity index is 739. The fourth-order valence-electron chi connectivity index (χ4n) is 1.64. The van der Waals surface area contributed by atoms with Gasteiger partial charge in [-0.1, -0.05) is 23.2 Å². The summed E-state index contributed by atoms with van der Waals surface area (Å²) in [6.07, 6.45) is -4.22. The van der Waals surface area contributed by atoms with Gasteiger partial charge in [0.25, 0.3) is 0 Å². The molecule has 1 aromatic carbocycles. The van der Waals surface area contributed by atoms with Crippen molar-refractivity contribution < 1.29 is 18.0 Å². The van der Waals surface area contributed by atoms with E-state index in [4.69, 9.17) is 28.5 Å². The molecule has 0 saturated heterocycles. The van der Waals surface area contributed by atoms with Crippen molar-refractivity contribution in [2.24, 2.45) is 0 Å². The first-order valence-electron chi connectivity index (χ1n) is 5.30. The summed E-state index contributed by atoms with van der Waals surface area (Å²) >= 11 is 11.6. The number of hydrogen-bond acceptors (Lipinski definition) is 3.